The quantitative estimate of drug-likeness (QED) is 0.884. The Labute approximate surface area is 152 Å². The van der Waals surface area contributed by atoms with Crippen LogP contribution in [0.1, 0.15) is 24.6 Å². The van der Waals surface area contributed by atoms with Crippen LogP contribution in [0.3, 0.4) is 0 Å². The van der Waals surface area contributed by atoms with Gasteiger partial charge in [0.25, 0.3) is 5.91 Å². The molecule has 6 nitrogen and oxygen atoms in total. The summed E-state index contributed by atoms with van der Waals surface area (Å²) in [6.07, 6.45) is 2.67. The van der Waals surface area contributed by atoms with Gasteiger partial charge in [-0.15, -0.1) is 0 Å². The van der Waals surface area contributed by atoms with Gasteiger partial charge in [-0.1, -0.05) is 12.1 Å². The van der Waals surface area contributed by atoms with Gasteiger partial charge in [0.15, 0.2) is 0 Å². The van der Waals surface area contributed by atoms with Crippen LogP contribution in [-0.2, 0) is 9.53 Å². The van der Waals surface area contributed by atoms with Crippen molar-refractivity contribution in [2.24, 2.45) is 5.73 Å². The zero-order valence-electron chi connectivity index (χ0n) is 14.8. The van der Waals surface area contributed by atoms with Crippen molar-refractivity contribution < 1.29 is 13.9 Å². The Morgan fingerprint density at radius 2 is 2.15 bits per heavy atom. The molecule has 1 atom stereocenters. The molecule has 7 heteroatoms. The molecule has 1 saturated heterocycles. The lowest BCUT2D eigenvalue weighted by Gasteiger charge is -2.33. The van der Waals surface area contributed by atoms with Crippen LogP contribution < -0.4 is 5.73 Å². The van der Waals surface area contributed by atoms with Crippen molar-refractivity contribution in [3.8, 4) is 11.3 Å². The van der Waals surface area contributed by atoms with E-state index in [1.54, 1.807) is 23.2 Å². The molecule has 3 rings (SSSR count). The molecule has 0 bridgehead atoms. The van der Waals surface area contributed by atoms with Gasteiger partial charge >= 0.3 is 0 Å². The van der Waals surface area contributed by atoms with Crippen LogP contribution in [0, 0.1) is 5.82 Å². The van der Waals surface area contributed by atoms with Gasteiger partial charge in [0.2, 0.25) is 0 Å². The Bertz CT molecular complexity index is 759. The number of piperidine rings is 1. The van der Waals surface area contributed by atoms with Crippen molar-refractivity contribution in [1.29, 1.82) is 0 Å². The monoisotopic (exact) mass is 358 g/mol. The Hall–Kier alpha value is -2.38. The predicted molar refractivity (Wildman–Crippen MR) is 95.8 cm³/mol. The minimum Gasteiger partial charge on any atom is -0.370 e. The highest BCUT2D eigenvalue weighted by molar-refractivity contribution is 5.81. The van der Waals surface area contributed by atoms with E-state index in [1.807, 2.05) is 6.07 Å². The molecule has 26 heavy (non-hydrogen) atoms. The molecule has 1 amide bonds. The third kappa shape index (κ3) is 4.05. The highest BCUT2D eigenvalue weighted by Gasteiger charge is 2.29. The largest absolute Gasteiger partial charge is 0.370 e. The number of amides is 1. The van der Waals surface area contributed by atoms with Crippen molar-refractivity contribution in [2.75, 3.05) is 26.7 Å². The van der Waals surface area contributed by atoms with Gasteiger partial charge in [-0.05, 0) is 31.0 Å². The van der Waals surface area contributed by atoms with Crippen LogP contribution in [0.5, 0.6) is 0 Å². The van der Waals surface area contributed by atoms with Crippen molar-refractivity contribution in [3.63, 3.8) is 0 Å². The normalized spacial score (nSPS) is 16.5. The number of rotatable bonds is 5. The number of carbonyl (C=O) groups excluding carboxylic acids is 1. The van der Waals surface area contributed by atoms with E-state index in [4.69, 9.17) is 10.5 Å². The molecule has 1 unspecified atom stereocenters. The van der Waals surface area contributed by atoms with Gasteiger partial charge in [0, 0.05) is 44.4 Å². The van der Waals surface area contributed by atoms with Crippen molar-refractivity contribution in [1.82, 2.24) is 14.9 Å². The van der Waals surface area contributed by atoms with Gasteiger partial charge in [0.1, 0.15) is 17.7 Å². The zero-order chi connectivity index (χ0) is 18.5. The predicted octanol–water partition coefficient (Wildman–Crippen LogP) is 1.96. The van der Waals surface area contributed by atoms with E-state index in [9.17, 15) is 9.18 Å². The lowest BCUT2D eigenvalue weighted by atomic mass is 9.95. The SMILES string of the molecule is COC(CN)C(=O)N1CCC(c2nccc(-c3cccc(F)c3)n2)CC1. The lowest BCUT2D eigenvalue weighted by Crippen LogP contribution is -2.46. The topological polar surface area (TPSA) is 81.3 Å². The standard InChI is InChI=1S/C19H23FN4O2/c1-26-17(12-21)19(25)24-9-6-13(7-10-24)18-22-8-5-16(23-18)14-3-2-4-15(20)11-14/h2-5,8,11,13,17H,6-7,9-10,12,21H2,1H3. The molecule has 2 N–H and O–H groups in total. The molecule has 1 aliphatic heterocycles. The number of ether oxygens (including phenoxy) is 1. The van der Waals surface area contributed by atoms with Gasteiger partial charge in [-0.3, -0.25) is 4.79 Å². The fourth-order valence-electron chi connectivity index (χ4n) is 3.24. The molecule has 0 radical (unpaired) electrons. The molecular weight excluding hydrogens is 335 g/mol. The van der Waals surface area contributed by atoms with E-state index in [2.05, 4.69) is 9.97 Å². The molecule has 138 valence electrons. The number of halogens is 1. The van der Waals surface area contributed by atoms with Crippen LogP contribution in [0.25, 0.3) is 11.3 Å². The number of methoxy groups -OCH3 is 1. The first-order chi connectivity index (χ1) is 12.6. The van der Waals surface area contributed by atoms with E-state index in [1.165, 1.54) is 19.2 Å². The van der Waals surface area contributed by atoms with Crippen LogP contribution in [0.15, 0.2) is 36.5 Å². The van der Waals surface area contributed by atoms with E-state index < -0.39 is 6.10 Å². The summed E-state index contributed by atoms with van der Waals surface area (Å²) in [6, 6.07) is 8.15. The number of benzene rings is 1. The molecular formula is C19H23FN4O2. The highest BCUT2D eigenvalue weighted by atomic mass is 19.1. The second kappa shape index (κ2) is 8.33. The molecule has 1 fully saturated rings. The molecule has 2 aromatic rings. The molecule has 2 heterocycles. The number of aromatic nitrogens is 2. The second-order valence-electron chi connectivity index (χ2n) is 6.37. The summed E-state index contributed by atoms with van der Waals surface area (Å²) in [7, 11) is 1.49. The summed E-state index contributed by atoms with van der Waals surface area (Å²) in [4.78, 5) is 23.1. The summed E-state index contributed by atoms with van der Waals surface area (Å²) in [5, 5.41) is 0. The summed E-state index contributed by atoms with van der Waals surface area (Å²) in [5.41, 5.74) is 7.01. The average Bonchev–Trinajstić information content (AvgIpc) is 2.69. The Morgan fingerprint density at radius 1 is 1.38 bits per heavy atom. The summed E-state index contributed by atoms with van der Waals surface area (Å²) in [5.74, 6) is 0.553. The maximum absolute atomic E-state index is 13.5. The van der Waals surface area contributed by atoms with Gasteiger partial charge in [-0.2, -0.15) is 0 Å². The van der Waals surface area contributed by atoms with E-state index >= 15 is 0 Å². The molecule has 0 aliphatic carbocycles. The number of nitrogens with two attached hydrogens (primary N) is 1. The molecule has 1 aromatic carbocycles. The number of hydrogen-bond acceptors (Lipinski definition) is 5. The first kappa shape index (κ1) is 18.4. The Morgan fingerprint density at radius 3 is 2.81 bits per heavy atom. The van der Waals surface area contributed by atoms with E-state index in [0.717, 1.165) is 24.2 Å². The molecule has 0 spiro atoms. The van der Waals surface area contributed by atoms with Crippen molar-refractivity contribution >= 4 is 5.91 Å². The zero-order valence-corrected chi connectivity index (χ0v) is 14.8. The Balaban J connectivity index is 1.68. The van der Waals surface area contributed by atoms with E-state index in [-0.39, 0.29) is 24.2 Å². The van der Waals surface area contributed by atoms with Gasteiger partial charge in [0.05, 0.1) is 5.69 Å². The fourth-order valence-corrected chi connectivity index (χ4v) is 3.24. The summed E-state index contributed by atoms with van der Waals surface area (Å²) >= 11 is 0. The molecule has 0 saturated carbocycles. The highest BCUT2D eigenvalue weighted by Crippen LogP contribution is 2.27. The molecule has 1 aromatic heterocycles. The molecule has 1 aliphatic rings. The van der Waals surface area contributed by atoms with Gasteiger partial charge < -0.3 is 15.4 Å². The summed E-state index contributed by atoms with van der Waals surface area (Å²) < 4.78 is 18.6. The van der Waals surface area contributed by atoms with Crippen LogP contribution >= 0.6 is 0 Å². The minimum atomic E-state index is -0.584. The third-order valence-electron chi connectivity index (χ3n) is 4.74. The smallest absolute Gasteiger partial charge is 0.253 e. The second-order valence-corrected chi connectivity index (χ2v) is 6.37. The first-order valence-electron chi connectivity index (χ1n) is 8.73. The average molecular weight is 358 g/mol. The minimum absolute atomic E-state index is 0.0668. The maximum Gasteiger partial charge on any atom is 0.253 e. The summed E-state index contributed by atoms with van der Waals surface area (Å²) in [6.45, 7) is 1.42. The van der Waals surface area contributed by atoms with Crippen molar-refractivity contribution in [3.05, 3.63) is 48.2 Å². The number of nitrogens with zero attached hydrogens (tertiary/aromatic N) is 3. The van der Waals surface area contributed by atoms with Crippen LogP contribution in [-0.4, -0.2) is 53.6 Å². The van der Waals surface area contributed by atoms with Crippen LogP contribution in [0.2, 0.25) is 0 Å². The third-order valence-corrected chi connectivity index (χ3v) is 4.74. The van der Waals surface area contributed by atoms with E-state index in [0.29, 0.717) is 18.8 Å². The van der Waals surface area contributed by atoms with Crippen molar-refractivity contribution in [2.45, 2.75) is 24.9 Å². The van der Waals surface area contributed by atoms with Gasteiger partial charge in [-0.25, -0.2) is 14.4 Å². The first-order valence-corrected chi connectivity index (χ1v) is 8.73. The number of hydrogen-bond donors (Lipinski definition) is 1. The van der Waals surface area contributed by atoms with Crippen LogP contribution in [0.4, 0.5) is 4.39 Å². The Kier molecular flexibility index (Phi) is 5.90. The fraction of sp³-hybridized carbons (Fsp3) is 0.421. The number of carbonyl (C=O) groups is 1. The number of likely N-dealkylation sites (tertiary alicyclic amines) is 1. The lowest BCUT2D eigenvalue weighted by molar-refractivity contribution is -0.142. The maximum atomic E-state index is 13.5.